The molecule has 326 valence electrons. The summed E-state index contributed by atoms with van der Waals surface area (Å²) >= 11 is 10.7. The second kappa shape index (κ2) is 96.0. The maximum absolute atomic E-state index is 5.35. The molecule has 0 bridgehead atoms. The van der Waals surface area contributed by atoms with Gasteiger partial charge in [0.25, 0.3) is 0 Å². The third-order valence-electron chi connectivity index (χ3n) is 5.62. The summed E-state index contributed by atoms with van der Waals surface area (Å²) in [5.41, 5.74) is 0. The zero-order valence-corrected chi connectivity index (χ0v) is 52.7. The Balaban J connectivity index is -0.0000000237. The zero-order valence-electron chi connectivity index (χ0n) is 33.7. The van der Waals surface area contributed by atoms with Crippen LogP contribution in [0.4, 0.5) is 0 Å². The Morgan fingerprint density at radius 2 is 0.433 bits per heavy atom. The molecule has 0 atom stereocenters. The number of hydrogen-bond donors (Lipinski definition) is 0. The number of thiol groups is 8. The van der Waals surface area contributed by atoms with Gasteiger partial charge in [-0.3, -0.25) is 0 Å². The first-order chi connectivity index (χ1) is 21.6. The third kappa shape index (κ3) is 78.1. The average Bonchev–Trinajstić information content (AvgIpc) is 3.91. The van der Waals surface area contributed by atoms with Crippen molar-refractivity contribution in [2.75, 3.05) is 26.2 Å². The molecule has 6 rings (SSSR count). The summed E-state index contributed by atoms with van der Waals surface area (Å²) in [5, 5.41) is 1.63. The minimum atomic E-state index is 0. The standard InChI is InChI=1S/C10H22N2S2.6C5H5.8Cr.8H2S/c1-5-11(6-2)9(13)10(14)12(7-3)8-4;6*1-2-4-5-3-1;;;;;;;;;;;;;;;;/h13-14H,5-8H2,1-4H3;6*1-5H;;;;;;;;;8*1H2/q;-5;5*-1;;;6*+5;;;;;;;;/p-10. The van der Waals surface area contributed by atoms with E-state index in [0.717, 1.165) is 36.2 Å². The van der Waals surface area contributed by atoms with E-state index >= 15 is 0 Å². The Hall–Kier alpha value is 2.94. The van der Waals surface area contributed by atoms with Gasteiger partial charge in [-0.2, -0.15) is 91.0 Å². The predicted octanol–water partition coefficient (Wildman–Crippen LogP) is 8.14. The summed E-state index contributed by atoms with van der Waals surface area (Å²) in [6.45, 7) is 12.1. The summed E-state index contributed by atoms with van der Waals surface area (Å²) in [7, 11) is 0. The van der Waals surface area contributed by atoms with Crippen LogP contribution < -0.4 is 0 Å². The SMILES string of the molecule is CCN(CC)C([S-])=C([S-])N(CC)CC.[Cr+5].[Cr+5].[Cr+5].[Cr+5].[Cr+5].[Cr+5].[Cr].[Cr].[SH-].[SH-].[SH-].[SH-].[SH-].[SH-].[SH-].[SH-].[cH-]1[cH-][cH-][cH-][cH-]1.c1cc[cH-]c1.c1cc[cH-]c1.c1cc[cH-]c1.c1cc[cH-]c1.c1cc[cH-]c1. The van der Waals surface area contributed by atoms with Crippen LogP contribution >= 0.6 is 0 Å². The molecule has 0 aliphatic heterocycles. The fourth-order valence-corrected chi connectivity index (χ4v) is 3.99. The average molecular weight is 1300 g/mol. The van der Waals surface area contributed by atoms with E-state index in [4.69, 9.17) is 25.3 Å². The van der Waals surface area contributed by atoms with Crippen molar-refractivity contribution >= 4 is 133 Å². The smallest absolute Gasteiger partial charge is 0.813 e. The van der Waals surface area contributed by atoms with Crippen LogP contribution in [0.15, 0.2) is 192 Å². The summed E-state index contributed by atoms with van der Waals surface area (Å²) in [4.78, 5) is 4.24. The molecule has 0 heterocycles. The van der Waals surface area contributed by atoms with Crippen LogP contribution in [-0.4, -0.2) is 36.0 Å². The van der Waals surface area contributed by atoms with Gasteiger partial charge in [-0.25, -0.2) is 60.7 Å². The molecule has 0 fully saturated rings. The van der Waals surface area contributed by atoms with Crippen LogP contribution in [0.3, 0.4) is 0 Å². The van der Waals surface area contributed by atoms with Crippen LogP contribution in [0, 0.1) is 0 Å². The van der Waals surface area contributed by atoms with Crippen LogP contribution in [0.1, 0.15) is 27.7 Å². The number of rotatable bonds is 6. The van der Waals surface area contributed by atoms with Crippen molar-refractivity contribution in [2.24, 2.45) is 0 Å². The van der Waals surface area contributed by atoms with Gasteiger partial charge in [0.2, 0.25) is 0 Å². The van der Waals surface area contributed by atoms with E-state index in [-0.39, 0.29) is 247 Å². The van der Waals surface area contributed by atoms with E-state index < -0.39 is 0 Å². The van der Waals surface area contributed by atoms with Crippen molar-refractivity contribution < 1.29 is 139 Å². The fraction of sp³-hybridized carbons (Fsp3) is 0.200. The van der Waals surface area contributed by atoms with E-state index in [1.807, 2.05) is 182 Å². The summed E-state index contributed by atoms with van der Waals surface area (Å²) < 4.78 is 0. The molecule has 60 heavy (non-hydrogen) atoms. The van der Waals surface area contributed by atoms with Crippen molar-refractivity contribution in [2.45, 2.75) is 27.7 Å². The van der Waals surface area contributed by atoms with Crippen LogP contribution in [0.5, 0.6) is 0 Å². The summed E-state index contributed by atoms with van der Waals surface area (Å²) in [6, 6.07) is 60.0. The fourth-order valence-electron chi connectivity index (χ4n) is 3.22. The second-order valence-electron chi connectivity index (χ2n) is 8.73. The minimum Gasteiger partial charge on any atom is -0.813 e. The molecule has 6 radical (unpaired) electrons. The molecule has 0 aliphatic carbocycles. The normalized spacial score (nSPS) is 6.87. The van der Waals surface area contributed by atoms with Gasteiger partial charge < -0.3 is 173 Å². The maximum atomic E-state index is 5.35. The second-order valence-corrected chi connectivity index (χ2v) is 9.50. The van der Waals surface area contributed by atoms with E-state index in [9.17, 15) is 0 Å². The number of hydrogen-bond acceptors (Lipinski definition) is 12. The maximum Gasteiger partial charge on any atom is 5.00 e. The first kappa shape index (κ1) is 114. The van der Waals surface area contributed by atoms with E-state index in [2.05, 4.69) is 37.5 Å². The largest absolute Gasteiger partial charge is 5.00 e. The quantitative estimate of drug-likeness (QED) is 0.0905. The van der Waals surface area contributed by atoms with Crippen LogP contribution in [0.25, 0.3) is 0 Å². The van der Waals surface area contributed by atoms with Crippen molar-refractivity contribution in [1.29, 1.82) is 0 Å². The molecule has 0 saturated carbocycles. The molecule has 0 amide bonds. The molecular formula is C40H58Cr8N2S10+10. The van der Waals surface area contributed by atoms with Crippen LogP contribution in [-0.2, 0) is 272 Å². The Morgan fingerprint density at radius 3 is 0.500 bits per heavy atom. The molecule has 0 unspecified atom stereocenters. The topological polar surface area (TPSA) is 6.48 Å². The minimum absolute atomic E-state index is 0. The van der Waals surface area contributed by atoms with Gasteiger partial charge in [-0.05, 0) is 27.7 Å². The van der Waals surface area contributed by atoms with Gasteiger partial charge >= 0.3 is 104 Å². The molecule has 0 saturated heterocycles. The molecule has 0 N–H and O–H groups in total. The van der Waals surface area contributed by atoms with Gasteiger partial charge in [0, 0.05) is 60.9 Å². The van der Waals surface area contributed by atoms with Gasteiger partial charge in [0.05, 0.1) is 0 Å². The third-order valence-corrected chi connectivity index (χ3v) is 6.65. The van der Waals surface area contributed by atoms with Gasteiger partial charge in [-0.1, -0.05) is 0 Å². The Bertz CT molecular complexity index is 922. The van der Waals surface area contributed by atoms with Gasteiger partial charge in [0.1, 0.15) is 0 Å². The van der Waals surface area contributed by atoms with Crippen molar-refractivity contribution in [3.05, 3.63) is 192 Å². The molecule has 0 aliphatic rings. The number of nitrogens with zero attached hydrogens (tertiary/aromatic N) is 2. The first-order valence-electron chi connectivity index (χ1n) is 15.2. The van der Waals surface area contributed by atoms with E-state index in [1.54, 1.807) is 0 Å². The Kier molecular flexibility index (Phi) is 183. The monoisotopic (exact) mass is 1300 g/mol. The van der Waals surface area contributed by atoms with Crippen molar-refractivity contribution in [1.82, 2.24) is 9.80 Å². The molecule has 2 nitrogen and oxygen atoms in total. The molecular weight excluding hydrogens is 1250 g/mol. The van der Waals surface area contributed by atoms with Gasteiger partial charge in [-0.15, -0.1) is 10.1 Å². The summed E-state index contributed by atoms with van der Waals surface area (Å²) in [6.07, 6.45) is 0. The van der Waals surface area contributed by atoms with Crippen molar-refractivity contribution in [3.8, 4) is 0 Å². The van der Waals surface area contributed by atoms with Crippen LogP contribution in [0.2, 0.25) is 0 Å². The predicted molar refractivity (Wildman–Crippen MR) is 270 cm³/mol. The molecule has 6 aromatic rings. The van der Waals surface area contributed by atoms with Crippen molar-refractivity contribution in [3.63, 3.8) is 0 Å². The van der Waals surface area contributed by atoms with E-state index in [1.165, 1.54) is 0 Å². The Labute approximate surface area is 520 Å². The molecule has 6 aromatic carbocycles. The molecule has 0 spiro atoms. The first-order valence-corrected chi connectivity index (χ1v) is 16.0. The summed E-state index contributed by atoms with van der Waals surface area (Å²) in [5.74, 6) is 0. The molecule has 20 heteroatoms. The zero-order chi connectivity index (χ0) is 32.4. The van der Waals surface area contributed by atoms with Gasteiger partial charge in [0.15, 0.2) is 0 Å². The van der Waals surface area contributed by atoms with E-state index in [0.29, 0.717) is 0 Å². The molecule has 0 aromatic heterocycles. The Morgan fingerprint density at radius 1 is 0.317 bits per heavy atom.